The van der Waals surface area contributed by atoms with Crippen LogP contribution in [0.2, 0.25) is 0 Å². The van der Waals surface area contributed by atoms with Gasteiger partial charge in [0, 0.05) is 22.4 Å². The molecular formula is C19H16N2O3S2. The lowest BCUT2D eigenvalue weighted by atomic mass is 10.1. The molecule has 7 heteroatoms. The fourth-order valence-corrected chi connectivity index (χ4v) is 4.90. The predicted octanol–water partition coefficient (Wildman–Crippen LogP) is 3.76. The van der Waals surface area contributed by atoms with E-state index in [4.69, 9.17) is 0 Å². The van der Waals surface area contributed by atoms with Crippen LogP contribution in [0.25, 0.3) is 11.3 Å². The second-order valence-electron chi connectivity index (χ2n) is 6.01. The molecule has 0 radical (unpaired) electrons. The summed E-state index contributed by atoms with van der Waals surface area (Å²) in [5.41, 5.74) is 3.57. The van der Waals surface area contributed by atoms with Gasteiger partial charge in [0.2, 0.25) is 0 Å². The van der Waals surface area contributed by atoms with Gasteiger partial charge in [-0.15, -0.1) is 11.3 Å². The highest BCUT2D eigenvalue weighted by atomic mass is 32.2. The van der Waals surface area contributed by atoms with Crippen molar-refractivity contribution in [3.8, 4) is 11.3 Å². The molecule has 1 amide bonds. The summed E-state index contributed by atoms with van der Waals surface area (Å²) in [6, 6.07) is 14.2. The second-order valence-corrected chi connectivity index (χ2v) is 9.37. The van der Waals surface area contributed by atoms with Gasteiger partial charge in [-0.2, -0.15) is 0 Å². The summed E-state index contributed by atoms with van der Waals surface area (Å²) in [7, 11) is -3.35. The number of hydrogen-bond acceptors (Lipinski definition) is 5. The van der Waals surface area contributed by atoms with E-state index >= 15 is 0 Å². The van der Waals surface area contributed by atoms with Crippen LogP contribution in [0, 0.1) is 0 Å². The van der Waals surface area contributed by atoms with Gasteiger partial charge in [0.15, 0.2) is 15.0 Å². The summed E-state index contributed by atoms with van der Waals surface area (Å²) in [6.07, 6.45) is 0.823. The summed E-state index contributed by atoms with van der Waals surface area (Å²) in [5, 5.41) is 3.31. The van der Waals surface area contributed by atoms with Gasteiger partial charge in [-0.05, 0) is 23.8 Å². The van der Waals surface area contributed by atoms with Gasteiger partial charge in [0.25, 0.3) is 5.91 Å². The predicted molar refractivity (Wildman–Crippen MR) is 102 cm³/mol. The molecule has 0 saturated carbocycles. The van der Waals surface area contributed by atoms with Crippen molar-refractivity contribution in [1.29, 1.82) is 0 Å². The number of amides is 1. The molecule has 2 aromatic carbocycles. The number of carbonyl (C=O) groups excluding carboxylic acids is 1. The first-order chi connectivity index (χ1) is 12.5. The van der Waals surface area contributed by atoms with Crippen LogP contribution in [0.5, 0.6) is 0 Å². The van der Waals surface area contributed by atoms with Crippen LogP contribution in [-0.4, -0.2) is 25.1 Å². The van der Waals surface area contributed by atoms with Crippen LogP contribution in [0.3, 0.4) is 0 Å². The lowest BCUT2D eigenvalue weighted by Crippen LogP contribution is -2.13. The Morgan fingerprint density at radius 3 is 2.81 bits per heavy atom. The molecule has 0 aliphatic heterocycles. The molecule has 0 saturated heterocycles. The monoisotopic (exact) mass is 384 g/mol. The van der Waals surface area contributed by atoms with Crippen molar-refractivity contribution in [3.05, 3.63) is 64.5 Å². The normalized spacial score (nSPS) is 12.5. The van der Waals surface area contributed by atoms with E-state index < -0.39 is 9.84 Å². The first-order valence-corrected chi connectivity index (χ1v) is 10.7. The van der Waals surface area contributed by atoms with Crippen LogP contribution >= 0.6 is 11.3 Å². The van der Waals surface area contributed by atoms with Crippen molar-refractivity contribution in [1.82, 2.24) is 4.98 Å². The van der Waals surface area contributed by atoms with E-state index in [1.165, 1.54) is 29.0 Å². The molecule has 0 spiro atoms. The van der Waals surface area contributed by atoms with Gasteiger partial charge < -0.3 is 0 Å². The van der Waals surface area contributed by atoms with Crippen molar-refractivity contribution in [3.63, 3.8) is 0 Å². The Balaban J connectivity index is 1.59. The minimum atomic E-state index is -3.35. The fraction of sp³-hybridized carbons (Fsp3) is 0.158. The Morgan fingerprint density at radius 1 is 1.19 bits per heavy atom. The maximum atomic E-state index is 12.5. The Kier molecular flexibility index (Phi) is 4.13. The molecule has 0 fully saturated rings. The average Bonchev–Trinajstić information content (AvgIpc) is 3.19. The number of hydrogen-bond donors (Lipinski definition) is 1. The summed E-state index contributed by atoms with van der Waals surface area (Å²) in [6.45, 7) is 1.58. The maximum Gasteiger partial charge on any atom is 0.257 e. The maximum absolute atomic E-state index is 12.5. The van der Waals surface area contributed by atoms with Crippen LogP contribution in [0.1, 0.15) is 27.7 Å². The third-order valence-corrected chi connectivity index (χ3v) is 7.08. The third kappa shape index (κ3) is 2.93. The Bertz CT molecular complexity index is 1120. The number of sulfone groups is 1. The quantitative estimate of drug-likeness (QED) is 0.581. The van der Waals surface area contributed by atoms with Gasteiger partial charge in [0.1, 0.15) is 0 Å². The number of anilines is 1. The number of nitrogens with zero attached hydrogens (tertiary/aromatic N) is 1. The van der Waals surface area contributed by atoms with Crippen molar-refractivity contribution in [2.24, 2.45) is 0 Å². The molecule has 1 aliphatic carbocycles. The van der Waals surface area contributed by atoms with E-state index in [0.717, 1.165) is 22.6 Å². The molecule has 1 heterocycles. The third-order valence-electron chi connectivity index (χ3n) is 4.38. The second kappa shape index (κ2) is 6.34. The molecule has 1 N–H and O–H groups in total. The number of benzene rings is 2. The van der Waals surface area contributed by atoms with Gasteiger partial charge in [-0.1, -0.05) is 37.3 Å². The van der Waals surface area contributed by atoms with Gasteiger partial charge in [0.05, 0.1) is 16.3 Å². The van der Waals surface area contributed by atoms with E-state index in [2.05, 4.69) is 16.4 Å². The summed E-state index contributed by atoms with van der Waals surface area (Å²) < 4.78 is 24.0. The molecular weight excluding hydrogens is 368 g/mol. The minimum Gasteiger partial charge on any atom is -0.298 e. The zero-order valence-corrected chi connectivity index (χ0v) is 15.7. The Labute approximate surface area is 155 Å². The number of nitrogens with one attached hydrogen (secondary N) is 1. The van der Waals surface area contributed by atoms with E-state index in [1.807, 2.05) is 18.2 Å². The number of rotatable bonds is 4. The van der Waals surface area contributed by atoms with Crippen LogP contribution in [-0.2, 0) is 16.3 Å². The van der Waals surface area contributed by atoms with Crippen molar-refractivity contribution in [2.75, 3.05) is 11.1 Å². The average molecular weight is 384 g/mol. The van der Waals surface area contributed by atoms with Gasteiger partial charge in [-0.25, -0.2) is 13.4 Å². The topological polar surface area (TPSA) is 76.1 Å². The van der Waals surface area contributed by atoms with Crippen molar-refractivity contribution < 1.29 is 13.2 Å². The molecule has 26 heavy (non-hydrogen) atoms. The van der Waals surface area contributed by atoms with Crippen molar-refractivity contribution in [2.45, 2.75) is 18.2 Å². The zero-order chi connectivity index (χ0) is 18.3. The number of carbonyl (C=O) groups is 1. The minimum absolute atomic E-state index is 0.00329. The molecule has 132 valence electrons. The molecule has 4 rings (SSSR count). The lowest BCUT2D eigenvalue weighted by Gasteiger charge is -2.05. The highest BCUT2D eigenvalue weighted by molar-refractivity contribution is 7.91. The number of fused-ring (bicyclic) bond motifs is 3. The van der Waals surface area contributed by atoms with Gasteiger partial charge >= 0.3 is 0 Å². The molecule has 1 aromatic heterocycles. The number of aromatic nitrogens is 1. The highest BCUT2D eigenvalue weighted by Crippen LogP contribution is 2.40. The summed E-state index contributed by atoms with van der Waals surface area (Å²) in [4.78, 5) is 18.4. The Morgan fingerprint density at radius 2 is 2.00 bits per heavy atom. The summed E-state index contributed by atoms with van der Waals surface area (Å²) in [5.74, 6) is -0.365. The SMILES string of the molecule is CCS(=O)(=O)c1cccc(C(=O)Nc2nc3c(s2)Cc2ccccc2-3)c1. The molecule has 3 aromatic rings. The smallest absolute Gasteiger partial charge is 0.257 e. The van der Waals surface area contributed by atoms with E-state index in [9.17, 15) is 13.2 Å². The first-order valence-electron chi connectivity index (χ1n) is 8.20. The Hall–Kier alpha value is -2.51. The molecule has 0 atom stereocenters. The molecule has 0 unspecified atom stereocenters. The lowest BCUT2D eigenvalue weighted by molar-refractivity contribution is 0.102. The van der Waals surface area contributed by atoms with Crippen LogP contribution < -0.4 is 5.32 Å². The fourth-order valence-electron chi connectivity index (χ4n) is 2.98. The van der Waals surface area contributed by atoms with E-state index in [1.54, 1.807) is 19.1 Å². The summed E-state index contributed by atoms with van der Waals surface area (Å²) >= 11 is 1.45. The van der Waals surface area contributed by atoms with Crippen LogP contribution in [0.4, 0.5) is 5.13 Å². The van der Waals surface area contributed by atoms with Gasteiger partial charge in [-0.3, -0.25) is 10.1 Å². The number of thiazole rings is 1. The standard InChI is InChI=1S/C19H16N2O3S2/c1-2-26(23,24)14-8-5-7-13(10-14)18(22)21-19-20-17-15-9-4-3-6-12(15)11-16(17)25-19/h3-10H,2,11H2,1H3,(H,20,21,22). The highest BCUT2D eigenvalue weighted by Gasteiger charge is 2.23. The zero-order valence-electron chi connectivity index (χ0n) is 14.0. The molecule has 5 nitrogen and oxygen atoms in total. The molecule has 1 aliphatic rings. The van der Waals surface area contributed by atoms with Crippen molar-refractivity contribution >= 4 is 32.2 Å². The molecule has 0 bridgehead atoms. The largest absolute Gasteiger partial charge is 0.298 e. The van der Waals surface area contributed by atoms with Crippen LogP contribution in [0.15, 0.2) is 53.4 Å². The first kappa shape index (κ1) is 16.9. The van der Waals surface area contributed by atoms with E-state index in [-0.39, 0.29) is 16.6 Å². The van der Waals surface area contributed by atoms with E-state index in [0.29, 0.717) is 10.7 Å².